The maximum Gasteiger partial charge on any atom is 0.344 e. The number of nitrogens with one attached hydrogen (secondary N) is 1. The molecule has 0 aliphatic heterocycles. The van der Waals surface area contributed by atoms with E-state index in [2.05, 4.69) is 15.1 Å². The zero-order chi connectivity index (χ0) is 13.6. The number of ether oxygens (including phenoxy) is 1. The topological polar surface area (TPSA) is 108 Å². The number of rotatable bonds is 5. The standard InChI is InChI=1S/C10H12N2O5S/c1-16-12-6-7-17-10(13)8-4-2-3-5-9(8)18(11,14)15/h2-7,12H,1H3,(H2,11,14,15). The molecule has 0 fully saturated rings. The number of carbonyl (C=O) groups excluding carboxylic acids is 1. The first-order valence-corrected chi connectivity index (χ1v) is 6.28. The first kappa shape index (κ1) is 14.2. The van der Waals surface area contributed by atoms with Gasteiger partial charge in [-0.25, -0.2) is 18.4 Å². The van der Waals surface area contributed by atoms with Gasteiger partial charge in [-0.2, -0.15) is 0 Å². The zero-order valence-electron chi connectivity index (χ0n) is 9.49. The highest BCUT2D eigenvalue weighted by atomic mass is 32.2. The van der Waals surface area contributed by atoms with E-state index in [4.69, 9.17) is 5.14 Å². The second-order valence-corrected chi connectivity index (χ2v) is 4.60. The number of sulfonamides is 1. The smallest absolute Gasteiger partial charge is 0.344 e. The van der Waals surface area contributed by atoms with Gasteiger partial charge in [-0.05, 0) is 12.1 Å². The lowest BCUT2D eigenvalue weighted by molar-refractivity contribution is 0.0648. The highest BCUT2D eigenvalue weighted by molar-refractivity contribution is 7.89. The van der Waals surface area contributed by atoms with E-state index in [1.807, 2.05) is 0 Å². The predicted molar refractivity (Wildman–Crippen MR) is 62.5 cm³/mol. The first-order chi connectivity index (χ1) is 8.46. The van der Waals surface area contributed by atoms with Crippen molar-refractivity contribution in [1.29, 1.82) is 0 Å². The molecule has 1 aromatic rings. The Hall–Kier alpha value is -1.90. The molecular formula is C10H12N2O5S. The van der Waals surface area contributed by atoms with Gasteiger partial charge in [0.05, 0.1) is 23.8 Å². The SMILES string of the molecule is CONC=COC(=O)c1ccccc1S(N)(=O)=O. The fourth-order valence-corrected chi connectivity index (χ4v) is 1.86. The van der Waals surface area contributed by atoms with Gasteiger partial charge in [0.1, 0.15) is 6.26 Å². The van der Waals surface area contributed by atoms with Crippen LogP contribution in [-0.2, 0) is 19.6 Å². The summed E-state index contributed by atoms with van der Waals surface area (Å²) in [6, 6.07) is 5.49. The first-order valence-electron chi connectivity index (χ1n) is 4.73. The second kappa shape index (κ2) is 6.15. The van der Waals surface area contributed by atoms with Crippen LogP contribution < -0.4 is 10.6 Å². The van der Waals surface area contributed by atoms with Crippen molar-refractivity contribution < 1.29 is 22.8 Å². The largest absolute Gasteiger partial charge is 0.429 e. The van der Waals surface area contributed by atoms with Gasteiger partial charge in [0, 0.05) is 0 Å². The number of hydrogen-bond donors (Lipinski definition) is 2. The Morgan fingerprint density at radius 1 is 1.39 bits per heavy atom. The minimum atomic E-state index is -3.98. The molecule has 0 aromatic heterocycles. The molecule has 0 bridgehead atoms. The molecule has 1 aromatic carbocycles. The maximum atomic E-state index is 11.6. The summed E-state index contributed by atoms with van der Waals surface area (Å²) < 4.78 is 27.2. The van der Waals surface area contributed by atoms with Crippen molar-refractivity contribution in [3.8, 4) is 0 Å². The molecule has 0 saturated carbocycles. The fraction of sp³-hybridized carbons (Fsp3) is 0.100. The Labute approximate surface area is 104 Å². The van der Waals surface area contributed by atoms with E-state index in [0.29, 0.717) is 0 Å². The Bertz CT molecular complexity index is 553. The van der Waals surface area contributed by atoms with Gasteiger partial charge in [0.2, 0.25) is 10.0 Å². The van der Waals surface area contributed by atoms with Crippen LogP contribution in [0.3, 0.4) is 0 Å². The van der Waals surface area contributed by atoms with Crippen LogP contribution in [0.2, 0.25) is 0 Å². The third kappa shape index (κ3) is 3.84. The van der Waals surface area contributed by atoms with Crippen LogP contribution in [0.5, 0.6) is 0 Å². The molecule has 1 rings (SSSR count). The molecule has 0 saturated heterocycles. The zero-order valence-corrected chi connectivity index (χ0v) is 10.3. The fourth-order valence-electron chi connectivity index (χ4n) is 1.14. The number of primary sulfonamides is 1. The summed E-state index contributed by atoms with van der Waals surface area (Å²) in [5.41, 5.74) is 2.16. The van der Waals surface area contributed by atoms with Crippen molar-refractivity contribution in [1.82, 2.24) is 5.48 Å². The normalized spacial score (nSPS) is 11.4. The number of carbonyl (C=O) groups is 1. The lowest BCUT2D eigenvalue weighted by Crippen LogP contribution is -2.17. The van der Waals surface area contributed by atoms with Gasteiger partial charge in [0.15, 0.2) is 0 Å². The molecule has 0 amide bonds. The van der Waals surface area contributed by atoms with Crippen molar-refractivity contribution in [2.24, 2.45) is 5.14 Å². The highest BCUT2D eigenvalue weighted by Crippen LogP contribution is 2.14. The number of benzene rings is 1. The van der Waals surface area contributed by atoms with E-state index >= 15 is 0 Å². The number of hydroxylamine groups is 1. The van der Waals surface area contributed by atoms with Crippen molar-refractivity contribution in [2.45, 2.75) is 4.90 Å². The summed E-state index contributed by atoms with van der Waals surface area (Å²) in [4.78, 5) is 15.8. The quantitative estimate of drug-likeness (QED) is 0.447. The average Bonchev–Trinajstić information content (AvgIpc) is 2.33. The van der Waals surface area contributed by atoms with Crippen LogP contribution in [0.25, 0.3) is 0 Å². The van der Waals surface area contributed by atoms with Gasteiger partial charge < -0.3 is 4.74 Å². The predicted octanol–water partition coefficient (Wildman–Crippen LogP) is 0.113. The summed E-state index contributed by atoms with van der Waals surface area (Å²) in [6.07, 6.45) is 2.24. The van der Waals surface area contributed by atoms with Crippen LogP contribution in [0, 0.1) is 0 Å². The summed E-state index contributed by atoms with van der Waals surface area (Å²) in [6.45, 7) is 0. The van der Waals surface area contributed by atoms with E-state index in [1.165, 1.54) is 37.6 Å². The third-order valence-corrected chi connectivity index (χ3v) is 2.81. The molecule has 7 nitrogen and oxygen atoms in total. The second-order valence-electron chi connectivity index (χ2n) is 3.07. The molecule has 0 heterocycles. The van der Waals surface area contributed by atoms with Crippen LogP contribution in [0.15, 0.2) is 41.6 Å². The number of hydrogen-bond acceptors (Lipinski definition) is 6. The van der Waals surface area contributed by atoms with Gasteiger partial charge in [-0.1, -0.05) is 12.1 Å². The molecule has 18 heavy (non-hydrogen) atoms. The molecule has 0 atom stereocenters. The molecule has 8 heteroatoms. The monoisotopic (exact) mass is 272 g/mol. The van der Waals surface area contributed by atoms with Crippen LogP contribution in [0.4, 0.5) is 0 Å². The molecule has 98 valence electrons. The van der Waals surface area contributed by atoms with E-state index < -0.39 is 16.0 Å². The van der Waals surface area contributed by atoms with Crippen LogP contribution >= 0.6 is 0 Å². The minimum Gasteiger partial charge on any atom is -0.429 e. The van der Waals surface area contributed by atoms with Gasteiger partial charge in [-0.15, -0.1) is 0 Å². The van der Waals surface area contributed by atoms with E-state index in [1.54, 1.807) is 0 Å². The molecule has 0 radical (unpaired) electrons. The van der Waals surface area contributed by atoms with Gasteiger partial charge in [0.25, 0.3) is 0 Å². The van der Waals surface area contributed by atoms with E-state index in [-0.39, 0.29) is 10.5 Å². The summed E-state index contributed by atoms with van der Waals surface area (Å²) in [5.74, 6) is -0.839. The third-order valence-electron chi connectivity index (χ3n) is 1.84. The summed E-state index contributed by atoms with van der Waals surface area (Å²) >= 11 is 0. The van der Waals surface area contributed by atoms with Crippen LogP contribution in [-0.4, -0.2) is 21.5 Å². The van der Waals surface area contributed by atoms with E-state index in [9.17, 15) is 13.2 Å². The van der Waals surface area contributed by atoms with Crippen molar-refractivity contribution in [2.75, 3.05) is 7.11 Å². The maximum absolute atomic E-state index is 11.6. The van der Waals surface area contributed by atoms with Crippen molar-refractivity contribution in [3.63, 3.8) is 0 Å². The van der Waals surface area contributed by atoms with E-state index in [0.717, 1.165) is 6.26 Å². The molecule has 0 unspecified atom stereocenters. The Balaban J connectivity index is 2.93. The average molecular weight is 272 g/mol. The molecule has 0 aliphatic carbocycles. The Morgan fingerprint density at radius 3 is 2.67 bits per heavy atom. The van der Waals surface area contributed by atoms with Crippen molar-refractivity contribution >= 4 is 16.0 Å². The summed E-state index contributed by atoms with van der Waals surface area (Å²) in [7, 11) is -2.60. The molecule has 3 N–H and O–H groups in total. The minimum absolute atomic E-state index is 0.137. The number of esters is 1. The van der Waals surface area contributed by atoms with Gasteiger partial charge in [-0.3, -0.25) is 10.3 Å². The van der Waals surface area contributed by atoms with Crippen LogP contribution in [0.1, 0.15) is 10.4 Å². The molecule has 0 aliphatic rings. The van der Waals surface area contributed by atoms with Crippen molar-refractivity contribution in [3.05, 3.63) is 42.3 Å². The molecular weight excluding hydrogens is 260 g/mol. The Morgan fingerprint density at radius 2 is 2.06 bits per heavy atom. The summed E-state index contributed by atoms with van der Waals surface area (Å²) in [5, 5.41) is 4.99. The molecule has 0 spiro atoms. The highest BCUT2D eigenvalue weighted by Gasteiger charge is 2.19. The number of nitrogens with two attached hydrogens (primary N) is 1. The van der Waals surface area contributed by atoms with Gasteiger partial charge >= 0.3 is 5.97 Å². The lowest BCUT2D eigenvalue weighted by atomic mass is 10.2. The lowest BCUT2D eigenvalue weighted by Gasteiger charge is -2.05. The Kier molecular flexibility index (Phi) is 4.84.